The van der Waals surface area contributed by atoms with Gasteiger partial charge in [0, 0.05) is 16.9 Å². The molecule has 0 bridgehead atoms. The molecule has 1 saturated heterocycles. The van der Waals surface area contributed by atoms with Crippen LogP contribution >= 0.6 is 0 Å². The molecule has 126 valence electrons. The number of ether oxygens (including phenoxy) is 1. The first-order valence-electron chi connectivity index (χ1n) is 7.41. The highest BCUT2D eigenvalue weighted by Crippen LogP contribution is 2.30. The Morgan fingerprint density at radius 3 is 3.04 bits per heavy atom. The summed E-state index contributed by atoms with van der Waals surface area (Å²) in [4.78, 5) is 15.8. The fraction of sp³-hybridized carbons (Fsp3) is 0.400. The van der Waals surface area contributed by atoms with E-state index in [4.69, 9.17) is 10.3 Å². The number of amides is 1. The molecule has 0 saturated carbocycles. The van der Waals surface area contributed by atoms with Crippen molar-refractivity contribution in [1.82, 2.24) is 0 Å². The average Bonchev–Trinajstić information content (AvgIpc) is 2.95. The van der Waals surface area contributed by atoms with Crippen LogP contribution in [-0.4, -0.2) is 41.3 Å². The Balaban J connectivity index is 1.77. The van der Waals surface area contributed by atoms with Gasteiger partial charge in [-0.25, -0.2) is 9.18 Å². The number of hydrogen-bond donors (Lipinski definition) is 0. The van der Waals surface area contributed by atoms with Gasteiger partial charge in [-0.05, 0) is 46.6 Å². The fourth-order valence-electron chi connectivity index (χ4n) is 2.73. The predicted octanol–water partition coefficient (Wildman–Crippen LogP) is 3.00. The van der Waals surface area contributed by atoms with Crippen LogP contribution in [-0.2, 0) is 15.9 Å². The molecule has 0 N–H and O–H groups in total. The highest BCUT2D eigenvalue weighted by atomic mass is 32.2. The number of benzene rings is 1. The van der Waals surface area contributed by atoms with E-state index in [1.807, 2.05) is 0 Å². The van der Waals surface area contributed by atoms with Crippen molar-refractivity contribution in [3.63, 3.8) is 0 Å². The van der Waals surface area contributed by atoms with E-state index in [1.54, 1.807) is 18.2 Å². The molecule has 1 aromatic rings. The van der Waals surface area contributed by atoms with Crippen LogP contribution in [0.4, 0.5) is 14.9 Å². The molecule has 2 aliphatic rings. The second-order valence-corrected chi connectivity index (χ2v) is 7.11. The summed E-state index contributed by atoms with van der Waals surface area (Å²) in [6.45, 7) is 0.252. The van der Waals surface area contributed by atoms with Gasteiger partial charge in [-0.1, -0.05) is 5.11 Å². The third-order valence-corrected chi connectivity index (χ3v) is 5.15. The minimum Gasteiger partial charge on any atom is -0.616 e. The quantitative estimate of drug-likeness (QED) is 0.361. The van der Waals surface area contributed by atoms with Gasteiger partial charge < -0.3 is 9.29 Å². The van der Waals surface area contributed by atoms with Gasteiger partial charge in [0.05, 0.1) is 18.8 Å². The molecule has 24 heavy (non-hydrogen) atoms. The van der Waals surface area contributed by atoms with Crippen molar-refractivity contribution in [2.24, 2.45) is 5.11 Å². The lowest BCUT2D eigenvalue weighted by atomic mass is 10.0. The molecule has 0 spiro atoms. The summed E-state index contributed by atoms with van der Waals surface area (Å²) < 4.78 is 30.9. The Kier molecular flexibility index (Phi) is 4.94. The summed E-state index contributed by atoms with van der Waals surface area (Å²) in [5.74, 6) is 0.542. The van der Waals surface area contributed by atoms with Crippen LogP contribution in [0.2, 0.25) is 0 Å². The van der Waals surface area contributed by atoms with Crippen LogP contribution in [0.5, 0.6) is 0 Å². The topological polar surface area (TPSA) is 101 Å². The van der Waals surface area contributed by atoms with Gasteiger partial charge in [-0.3, -0.25) is 4.90 Å². The minimum absolute atomic E-state index is 0.0450. The number of carbonyl (C=O) groups excluding carboxylic acids is 1. The molecule has 2 atom stereocenters. The lowest BCUT2D eigenvalue weighted by molar-refractivity contribution is 0.145. The van der Waals surface area contributed by atoms with E-state index in [2.05, 4.69) is 10.0 Å². The van der Waals surface area contributed by atoms with Crippen LogP contribution in [0.15, 0.2) is 29.4 Å². The van der Waals surface area contributed by atoms with E-state index in [9.17, 15) is 13.7 Å². The zero-order valence-corrected chi connectivity index (χ0v) is 13.5. The number of anilines is 1. The molecular formula is C15H15FN4O3S. The molecule has 9 heteroatoms. The van der Waals surface area contributed by atoms with Gasteiger partial charge in [0.25, 0.3) is 0 Å². The summed E-state index contributed by atoms with van der Waals surface area (Å²) in [7, 11) is 0. The summed E-state index contributed by atoms with van der Waals surface area (Å²) in [6, 6.07) is 4.57. The minimum atomic E-state index is -0.862. The number of cyclic esters (lactones) is 1. The standard InChI is InChI=1S/C15H15FN4O3S/c16-14-7-11(20-9-12(8-18-19-17)23-15(20)21)1-2-13(14)10-3-5-24(22)6-4-10/h1-3,7,12H,4-6,8-9H2/t12-,24?/m0/s1. The van der Waals surface area contributed by atoms with Gasteiger partial charge in [0.1, 0.15) is 23.4 Å². The number of azide groups is 1. The molecular weight excluding hydrogens is 335 g/mol. The van der Waals surface area contributed by atoms with Crippen LogP contribution < -0.4 is 4.90 Å². The number of allylic oxidation sites excluding steroid dienone is 1. The van der Waals surface area contributed by atoms with Gasteiger partial charge in [0.15, 0.2) is 0 Å². The molecule has 0 aliphatic carbocycles. The van der Waals surface area contributed by atoms with E-state index < -0.39 is 29.2 Å². The molecule has 1 aromatic carbocycles. The number of nitrogens with zero attached hydrogens (tertiary/aromatic N) is 4. The number of carbonyl (C=O) groups is 1. The maximum Gasteiger partial charge on any atom is 0.414 e. The molecule has 1 unspecified atom stereocenters. The van der Waals surface area contributed by atoms with E-state index >= 15 is 0 Å². The summed E-state index contributed by atoms with van der Waals surface area (Å²) in [5, 5.41) is 3.39. The zero-order chi connectivity index (χ0) is 17.1. The van der Waals surface area contributed by atoms with Gasteiger partial charge >= 0.3 is 6.09 Å². The van der Waals surface area contributed by atoms with Gasteiger partial charge in [0.2, 0.25) is 0 Å². The van der Waals surface area contributed by atoms with E-state index in [0.717, 1.165) is 5.57 Å². The lowest BCUT2D eigenvalue weighted by Crippen LogP contribution is -2.25. The smallest absolute Gasteiger partial charge is 0.414 e. The van der Waals surface area contributed by atoms with Crippen LogP contribution in [0.3, 0.4) is 0 Å². The molecule has 2 heterocycles. The van der Waals surface area contributed by atoms with Crippen molar-refractivity contribution >= 4 is 28.5 Å². The first-order chi connectivity index (χ1) is 11.6. The number of halogens is 1. The molecule has 3 rings (SSSR count). The van der Waals surface area contributed by atoms with Crippen molar-refractivity contribution in [3.8, 4) is 0 Å². The monoisotopic (exact) mass is 350 g/mol. The van der Waals surface area contributed by atoms with E-state index in [0.29, 0.717) is 29.2 Å². The van der Waals surface area contributed by atoms with Crippen LogP contribution in [0, 0.1) is 5.82 Å². The maximum atomic E-state index is 14.5. The maximum absolute atomic E-state index is 14.5. The third kappa shape index (κ3) is 3.48. The molecule has 1 fully saturated rings. The second-order valence-electron chi connectivity index (χ2n) is 5.48. The summed E-state index contributed by atoms with van der Waals surface area (Å²) >= 11 is -0.862. The Morgan fingerprint density at radius 2 is 2.38 bits per heavy atom. The number of hydrogen-bond acceptors (Lipinski definition) is 4. The van der Waals surface area contributed by atoms with Crippen molar-refractivity contribution in [3.05, 3.63) is 46.1 Å². The Bertz CT molecular complexity index is 735. The molecule has 1 amide bonds. The van der Waals surface area contributed by atoms with Crippen molar-refractivity contribution in [2.75, 3.05) is 29.5 Å². The Morgan fingerprint density at radius 1 is 1.54 bits per heavy atom. The Labute approximate surface area is 140 Å². The van der Waals surface area contributed by atoms with E-state index in [1.165, 1.54) is 11.0 Å². The number of rotatable bonds is 4. The summed E-state index contributed by atoms with van der Waals surface area (Å²) in [6.07, 6.45) is 1.25. The lowest BCUT2D eigenvalue weighted by Gasteiger charge is -2.19. The fourth-order valence-corrected chi connectivity index (χ4v) is 3.74. The third-order valence-electron chi connectivity index (χ3n) is 3.95. The highest BCUT2D eigenvalue weighted by molar-refractivity contribution is 7.91. The Hall–Kier alpha value is -2.22. The molecule has 2 aliphatic heterocycles. The average molecular weight is 350 g/mol. The normalized spacial score (nSPS) is 23.5. The first kappa shape index (κ1) is 16.6. The zero-order valence-electron chi connectivity index (χ0n) is 12.7. The predicted molar refractivity (Wildman–Crippen MR) is 88.5 cm³/mol. The first-order valence-corrected chi connectivity index (χ1v) is 8.90. The van der Waals surface area contributed by atoms with Crippen LogP contribution in [0.25, 0.3) is 16.0 Å². The SMILES string of the molecule is [N-]=[N+]=NC[C@H]1CN(c2ccc(C3=CC[S+]([O-])CC3)c(F)c2)C(=O)O1. The van der Waals surface area contributed by atoms with Gasteiger partial charge in [-0.15, -0.1) is 0 Å². The van der Waals surface area contributed by atoms with Gasteiger partial charge in [-0.2, -0.15) is 0 Å². The molecule has 0 aromatic heterocycles. The van der Waals surface area contributed by atoms with Crippen molar-refractivity contribution in [1.29, 1.82) is 0 Å². The second kappa shape index (κ2) is 7.12. The molecule has 0 radical (unpaired) electrons. The highest BCUT2D eigenvalue weighted by Gasteiger charge is 2.32. The molecule has 7 nitrogen and oxygen atoms in total. The van der Waals surface area contributed by atoms with Crippen molar-refractivity contribution < 1.29 is 18.5 Å². The van der Waals surface area contributed by atoms with Crippen LogP contribution in [0.1, 0.15) is 12.0 Å². The summed E-state index contributed by atoms with van der Waals surface area (Å²) in [5.41, 5.74) is 10.0. The largest absolute Gasteiger partial charge is 0.616 e. The van der Waals surface area contributed by atoms with E-state index in [-0.39, 0.29) is 13.1 Å². The van der Waals surface area contributed by atoms with Crippen molar-refractivity contribution in [2.45, 2.75) is 12.5 Å².